The molecule has 1 aromatic heterocycles. The minimum absolute atomic E-state index is 0.123. The fraction of sp³-hybridized carbons (Fsp3) is 0.400. The van der Waals surface area contributed by atoms with E-state index in [9.17, 15) is 0 Å². The van der Waals surface area contributed by atoms with Gasteiger partial charge in [0.25, 0.3) is 0 Å². The molecule has 0 aliphatic heterocycles. The van der Waals surface area contributed by atoms with Crippen LogP contribution in [0.1, 0.15) is 0 Å². The lowest BCUT2D eigenvalue weighted by Gasteiger charge is -1.95. The maximum atomic E-state index is 8.42. The SMILES string of the molecule is Nc1cc(NCCO)sn1. The lowest BCUT2D eigenvalue weighted by molar-refractivity contribution is 0.311. The quantitative estimate of drug-likeness (QED) is 0.586. The van der Waals surface area contributed by atoms with Crippen LogP contribution < -0.4 is 11.1 Å². The van der Waals surface area contributed by atoms with Gasteiger partial charge in [-0.2, -0.15) is 4.37 Å². The van der Waals surface area contributed by atoms with Crippen molar-refractivity contribution in [3.8, 4) is 0 Å². The molecule has 0 fully saturated rings. The Morgan fingerprint density at radius 3 is 3.10 bits per heavy atom. The summed E-state index contributed by atoms with van der Waals surface area (Å²) >= 11 is 1.29. The summed E-state index contributed by atoms with van der Waals surface area (Å²) in [5.41, 5.74) is 5.35. The molecule has 4 N–H and O–H groups in total. The zero-order chi connectivity index (χ0) is 7.40. The second kappa shape index (κ2) is 3.38. The van der Waals surface area contributed by atoms with Crippen LogP contribution in [0.3, 0.4) is 0 Å². The Hall–Kier alpha value is -0.810. The average molecular weight is 159 g/mol. The van der Waals surface area contributed by atoms with E-state index in [0.29, 0.717) is 12.4 Å². The van der Waals surface area contributed by atoms with Gasteiger partial charge in [-0.1, -0.05) is 0 Å². The standard InChI is InChI=1S/C5H9N3OS/c6-4-3-5(10-8-4)7-1-2-9/h3,7,9H,1-2H2,(H2,6,8). The van der Waals surface area contributed by atoms with E-state index in [2.05, 4.69) is 9.69 Å². The number of aliphatic hydroxyl groups is 1. The highest BCUT2D eigenvalue weighted by atomic mass is 32.1. The molecule has 0 spiro atoms. The summed E-state index contributed by atoms with van der Waals surface area (Å²) in [4.78, 5) is 0. The van der Waals surface area contributed by atoms with Gasteiger partial charge >= 0.3 is 0 Å². The van der Waals surface area contributed by atoms with Crippen molar-refractivity contribution < 1.29 is 5.11 Å². The van der Waals surface area contributed by atoms with E-state index < -0.39 is 0 Å². The van der Waals surface area contributed by atoms with Crippen molar-refractivity contribution >= 4 is 22.4 Å². The van der Waals surface area contributed by atoms with E-state index in [1.807, 2.05) is 0 Å². The molecule has 5 heteroatoms. The molecule has 1 rings (SSSR count). The van der Waals surface area contributed by atoms with E-state index in [1.54, 1.807) is 6.07 Å². The Morgan fingerprint density at radius 1 is 1.80 bits per heavy atom. The summed E-state index contributed by atoms with van der Waals surface area (Å²) in [5, 5.41) is 12.3. The largest absolute Gasteiger partial charge is 0.395 e. The predicted octanol–water partition coefficient (Wildman–Crippen LogP) is 0.129. The number of nitrogens with one attached hydrogen (secondary N) is 1. The molecule has 0 saturated heterocycles. The zero-order valence-electron chi connectivity index (χ0n) is 5.37. The Balaban J connectivity index is 2.42. The van der Waals surface area contributed by atoms with Gasteiger partial charge in [-0.15, -0.1) is 0 Å². The van der Waals surface area contributed by atoms with Gasteiger partial charge in [0.1, 0.15) is 10.8 Å². The number of aliphatic hydroxyl groups excluding tert-OH is 1. The second-order valence-corrected chi connectivity index (χ2v) is 2.57. The van der Waals surface area contributed by atoms with Crippen molar-refractivity contribution in [3.05, 3.63) is 6.07 Å². The Labute approximate surface area is 62.8 Å². The van der Waals surface area contributed by atoms with Crippen LogP contribution in [0.25, 0.3) is 0 Å². The lowest BCUT2D eigenvalue weighted by atomic mass is 10.6. The molecule has 0 saturated carbocycles. The zero-order valence-corrected chi connectivity index (χ0v) is 6.19. The van der Waals surface area contributed by atoms with Crippen LogP contribution in [0.2, 0.25) is 0 Å². The molecule has 56 valence electrons. The van der Waals surface area contributed by atoms with Gasteiger partial charge in [0, 0.05) is 12.6 Å². The van der Waals surface area contributed by atoms with Gasteiger partial charge in [-0.05, 0) is 11.5 Å². The Morgan fingerprint density at radius 2 is 2.60 bits per heavy atom. The molecule has 0 aliphatic carbocycles. The highest BCUT2D eigenvalue weighted by Crippen LogP contribution is 2.16. The highest BCUT2D eigenvalue weighted by Gasteiger charge is 1.94. The van der Waals surface area contributed by atoms with Gasteiger partial charge in [0.2, 0.25) is 0 Å². The van der Waals surface area contributed by atoms with Crippen LogP contribution in [-0.2, 0) is 0 Å². The number of anilines is 2. The summed E-state index contributed by atoms with van der Waals surface area (Å²) < 4.78 is 3.84. The predicted molar refractivity (Wildman–Crippen MR) is 42.1 cm³/mol. The van der Waals surface area contributed by atoms with Crippen molar-refractivity contribution in [1.82, 2.24) is 4.37 Å². The van der Waals surface area contributed by atoms with Gasteiger partial charge in [-0.3, -0.25) is 0 Å². The van der Waals surface area contributed by atoms with Crippen LogP contribution in [0.5, 0.6) is 0 Å². The van der Waals surface area contributed by atoms with Crippen molar-refractivity contribution in [2.75, 3.05) is 24.2 Å². The fourth-order valence-corrected chi connectivity index (χ4v) is 1.15. The number of nitrogens with zero attached hydrogens (tertiary/aromatic N) is 1. The second-order valence-electron chi connectivity index (χ2n) is 1.77. The molecule has 10 heavy (non-hydrogen) atoms. The summed E-state index contributed by atoms with van der Waals surface area (Å²) in [7, 11) is 0. The minimum atomic E-state index is 0.123. The maximum absolute atomic E-state index is 8.42. The molecule has 4 nitrogen and oxygen atoms in total. The van der Waals surface area contributed by atoms with Crippen molar-refractivity contribution in [3.63, 3.8) is 0 Å². The summed E-state index contributed by atoms with van der Waals surface area (Å²) in [5.74, 6) is 0.519. The van der Waals surface area contributed by atoms with Crippen LogP contribution in [0, 0.1) is 0 Å². The summed E-state index contributed by atoms with van der Waals surface area (Å²) in [6.45, 7) is 0.666. The molecule has 0 aromatic carbocycles. The number of hydrogen-bond donors (Lipinski definition) is 3. The van der Waals surface area contributed by atoms with Crippen molar-refractivity contribution in [2.45, 2.75) is 0 Å². The van der Waals surface area contributed by atoms with E-state index in [-0.39, 0.29) is 6.61 Å². The average Bonchev–Trinajstić information content (AvgIpc) is 2.31. The third kappa shape index (κ3) is 1.85. The molecule has 1 aromatic rings. The molecule has 0 bridgehead atoms. The molecular formula is C5H9N3OS. The number of hydrogen-bond acceptors (Lipinski definition) is 5. The van der Waals surface area contributed by atoms with Gasteiger partial charge in [0.15, 0.2) is 0 Å². The molecule has 0 aliphatic rings. The molecular weight excluding hydrogens is 150 g/mol. The normalized spacial score (nSPS) is 9.70. The first kappa shape index (κ1) is 7.30. The number of rotatable bonds is 3. The van der Waals surface area contributed by atoms with E-state index in [1.165, 1.54) is 11.5 Å². The molecule has 0 amide bonds. The maximum Gasteiger partial charge on any atom is 0.139 e. The fourth-order valence-electron chi connectivity index (χ4n) is 0.551. The molecule has 0 atom stereocenters. The number of nitrogens with two attached hydrogens (primary N) is 1. The van der Waals surface area contributed by atoms with Crippen molar-refractivity contribution in [1.29, 1.82) is 0 Å². The van der Waals surface area contributed by atoms with Crippen LogP contribution in [0.4, 0.5) is 10.8 Å². The first-order valence-corrected chi connectivity index (χ1v) is 3.67. The van der Waals surface area contributed by atoms with Gasteiger partial charge < -0.3 is 16.2 Å². The smallest absolute Gasteiger partial charge is 0.139 e. The molecule has 0 radical (unpaired) electrons. The monoisotopic (exact) mass is 159 g/mol. The Bertz CT molecular complexity index is 201. The third-order valence-corrected chi connectivity index (χ3v) is 1.70. The van der Waals surface area contributed by atoms with E-state index in [4.69, 9.17) is 10.8 Å². The summed E-state index contributed by atoms with van der Waals surface area (Å²) in [6.07, 6.45) is 0. The highest BCUT2D eigenvalue weighted by molar-refractivity contribution is 7.10. The van der Waals surface area contributed by atoms with Crippen LogP contribution in [-0.4, -0.2) is 22.6 Å². The first-order chi connectivity index (χ1) is 4.83. The third-order valence-electron chi connectivity index (χ3n) is 0.939. The molecule has 0 unspecified atom stereocenters. The van der Waals surface area contributed by atoms with Crippen molar-refractivity contribution in [2.24, 2.45) is 0 Å². The number of nitrogen functional groups attached to an aromatic ring is 1. The minimum Gasteiger partial charge on any atom is -0.395 e. The first-order valence-electron chi connectivity index (χ1n) is 2.90. The van der Waals surface area contributed by atoms with Gasteiger partial charge in [-0.25, -0.2) is 0 Å². The summed E-state index contributed by atoms with van der Waals surface area (Å²) in [6, 6.07) is 1.74. The van der Waals surface area contributed by atoms with Crippen LogP contribution in [0.15, 0.2) is 6.07 Å². The van der Waals surface area contributed by atoms with E-state index in [0.717, 1.165) is 5.00 Å². The lowest BCUT2D eigenvalue weighted by Crippen LogP contribution is -2.03. The number of aromatic nitrogens is 1. The molecule has 1 heterocycles. The van der Waals surface area contributed by atoms with E-state index >= 15 is 0 Å². The topological polar surface area (TPSA) is 71.2 Å². The Kier molecular flexibility index (Phi) is 2.47. The van der Waals surface area contributed by atoms with Gasteiger partial charge in [0.05, 0.1) is 6.61 Å². The van der Waals surface area contributed by atoms with Crippen LogP contribution >= 0.6 is 11.5 Å².